The van der Waals surface area contributed by atoms with Gasteiger partial charge < -0.3 is 5.73 Å². The van der Waals surface area contributed by atoms with Crippen LogP contribution in [0.1, 0.15) is 30.5 Å². The molecule has 2 N–H and O–H groups in total. The fourth-order valence-corrected chi connectivity index (χ4v) is 3.67. The van der Waals surface area contributed by atoms with Gasteiger partial charge in [0.1, 0.15) is 0 Å². The predicted octanol–water partition coefficient (Wildman–Crippen LogP) is 2.49. The molecule has 1 saturated heterocycles. The minimum atomic E-state index is -0.167. The summed E-state index contributed by atoms with van der Waals surface area (Å²) in [6.45, 7) is 11.8. The van der Waals surface area contributed by atoms with Crippen molar-refractivity contribution in [1.29, 1.82) is 0 Å². The molecule has 2 heterocycles. The molecule has 1 aromatic heterocycles. The molecular weight excluding hydrogens is 286 g/mol. The summed E-state index contributed by atoms with van der Waals surface area (Å²) < 4.78 is 0. The molecule has 1 aliphatic heterocycles. The summed E-state index contributed by atoms with van der Waals surface area (Å²) in [7, 11) is 0. The van der Waals surface area contributed by atoms with E-state index in [-0.39, 0.29) is 5.54 Å². The Bertz CT molecular complexity index is 459. The highest BCUT2D eigenvalue weighted by molar-refractivity contribution is 7.80. The first-order valence-corrected chi connectivity index (χ1v) is 8.51. The van der Waals surface area contributed by atoms with E-state index in [9.17, 15) is 0 Å². The van der Waals surface area contributed by atoms with Crippen molar-refractivity contribution in [3.8, 4) is 0 Å². The Morgan fingerprint density at radius 2 is 1.85 bits per heavy atom. The van der Waals surface area contributed by atoms with Crippen LogP contribution in [0.25, 0.3) is 0 Å². The van der Waals surface area contributed by atoms with Gasteiger partial charge in [0.25, 0.3) is 0 Å². The van der Waals surface area contributed by atoms with Crippen molar-refractivity contribution in [2.45, 2.75) is 39.3 Å². The average Bonchev–Trinajstić information content (AvgIpc) is 2.87. The number of piperazine rings is 1. The van der Waals surface area contributed by atoms with Gasteiger partial charge in [0.2, 0.25) is 0 Å². The van der Waals surface area contributed by atoms with Gasteiger partial charge in [-0.2, -0.15) is 0 Å². The molecule has 1 aromatic rings. The third-order valence-corrected chi connectivity index (χ3v) is 5.92. The van der Waals surface area contributed by atoms with Crippen LogP contribution in [0, 0.1) is 0 Å². The molecule has 0 aromatic carbocycles. The summed E-state index contributed by atoms with van der Waals surface area (Å²) in [4.78, 5) is 8.48. The first-order chi connectivity index (χ1) is 9.43. The summed E-state index contributed by atoms with van der Waals surface area (Å²) in [5.41, 5.74) is 5.69. The van der Waals surface area contributed by atoms with Gasteiger partial charge in [-0.15, -0.1) is 11.3 Å². The van der Waals surface area contributed by atoms with Crippen molar-refractivity contribution >= 4 is 28.5 Å². The highest BCUT2D eigenvalue weighted by atomic mass is 32.1. The van der Waals surface area contributed by atoms with Crippen LogP contribution >= 0.6 is 23.6 Å². The molecule has 2 rings (SSSR count). The van der Waals surface area contributed by atoms with E-state index in [1.165, 1.54) is 9.75 Å². The lowest BCUT2D eigenvalue weighted by molar-refractivity contribution is 0.0827. The van der Waals surface area contributed by atoms with Gasteiger partial charge in [0.15, 0.2) is 0 Å². The van der Waals surface area contributed by atoms with Crippen LogP contribution in [0.4, 0.5) is 0 Å². The van der Waals surface area contributed by atoms with E-state index in [4.69, 9.17) is 18.0 Å². The lowest BCUT2D eigenvalue weighted by atomic mass is 10.0. The molecule has 20 heavy (non-hydrogen) atoms. The Morgan fingerprint density at radius 3 is 2.35 bits per heavy atom. The first kappa shape index (κ1) is 15.9. The van der Waals surface area contributed by atoms with Crippen molar-refractivity contribution in [1.82, 2.24) is 9.80 Å². The monoisotopic (exact) mass is 311 g/mol. The van der Waals surface area contributed by atoms with Crippen molar-refractivity contribution in [2.75, 3.05) is 26.2 Å². The average molecular weight is 312 g/mol. The van der Waals surface area contributed by atoms with Crippen LogP contribution in [0.3, 0.4) is 0 Å². The molecule has 0 bridgehead atoms. The number of thiophene rings is 1. The quantitative estimate of drug-likeness (QED) is 0.847. The van der Waals surface area contributed by atoms with Gasteiger partial charge in [-0.3, -0.25) is 9.80 Å². The van der Waals surface area contributed by atoms with Crippen molar-refractivity contribution in [2.24, 2.45) is 5.73 Å². The van der Waals surface area contributed by atoms with E-state index in [0.29, 0.717) is 4.99 Å². The standard InChI is InChI=1S/C15H25N3S2/c1-4-12-5-6-13(20-12)11-17-7-9-18(10-8-17)15(2,3)14(16)19/h5-6H,4,7-11H2,1-3H3,(H2,16,19). The molecule has 0 spiro atoms. The number of nitrogens with zero attached hydrogens (tertiary/aromatic N) is 2. The van der Waals surface area contributed by atoms with Crippen molar-refractivity contribution in [3.63, 3.8) is 0 Å². The highest BCUT2D eigenvalue weighted by Crippen LogP contribution is 2.21. The molecule has 0 amide bonds. The van der Waals surface area contributed by atoms with Crippen LogP contribution in [-0.2, 0) is 13.0 Å². The molecule has 0 aliphatic carbocycles. The summed E-state index contributed by atoms with van der Waals surface area (Å²) in [5, 5.41) is 0. The summed E-state index contributed by atoms with van der Waals surface area (Å²) in [5.74, 6) is 0. The molecule has 3 nitrogen and oxygen atoms in total. The SMILES string of the molecule is CCc1ccc(CN2CCN(C(C)(C)C(N)=S)CC2)s1. The van der Waals surface area contributed by atoms with Gasteiger partial charge in [0.05, 0.1) is 10.5 Å². The largest absolute Gasteiger partial charge is 0.392 e. The zero-order valence-corrected chi connectivity index (χ0v) is 14.3. The van der Waals surface area contributed by atoms with Gasteiger partial charge in [0, 0.05) is 42.5 Å². The zero-order valence-electron chi connectivity index (χ0n) is 12.7. The zero-order chi connectivity index (χ0) is 14.8. The molecular formula is C15H25N3S2. The van der Waals surface area contributed by atoms with E-state index < -0.39 is 0 Å². The van der Waals surface area contributed by atoms with E-state index in [1.54, 1.807) is 0 Å². The van der Waals surface area contributed by atoms with Crippen LogP contribution in [0.2, 0.25) is 0 Å². The second kappa shape index (κ2) is 6.52. The molecule has 0 atom stereocenters. The Hall–Kier alpha value is -0.490. The Kier molecular flexibility index (Phi) is 5.18. The molecule has 0 radical (unpaired) electrons. The molecule has 0 unspecified atom stereocenters. The maximum atomic E-state index is 5.86. The number of hydrogen-bond acceptors (Lipinski definition) is 4. The van der Waals surface area contributed by atoms with E-state index in [0.717, 1.165) is 39.1 Å². The van der Waals surface area contributed by atoms with E-state index in [1.807, 2.05) is 11.3 Å². The van der Waals surface area contributed by atoms with Gasteiger partial charge in [-0.25, -0.2) is 0 Å². The second-order valence-corrected chi connectivity index (χ2v) is 7.60. The van der Waals surface area contributed by atoms with Crippen LogP contribution in [0.15, 0.2) is 12.1 Å². The van der Waals surface area contributed by atoms with Gasteiger partial charge >= 0.3 is 0 Å². The van der Waals surface area contributed by atoms with Crippen molar-refractivity contribution < 1.29 is 0 Å². The Balaban J connectivity index is 1.87. The smallest absolute Gasteiger partial charge is 0.0928 e. The summed E-state index contributed by atoms with van der Waals surface area (Å²) >= 11 is 7.13. The predicted molar refractivity (Wildman–Crippen MR) is 91.4 cm³/mol. The third-order valence-electron chi connectivity index (χ3n) is 4.21. The van der Waals surface area contributed by atoms with Crippen LogP contribution in [0.5, 0.6) is 0 Å². The molecule has 0 saturated carbocycles. The van der Waals surface area contributed by atoms with Gasteiger partial charge in [-0.1, -0.05) is 19.1 Å². The molecule has 112 valence electrons. The molecule has 1 aliphatic rings. The normalized spacial score (nSPS) is 18.4. The summed E-state index contributed by atoms with van der Waals surface area (Å²) in [6.07, 6.45) is 1.14. The number of nitrogens with two attached hydrogens (primary N) is 1. The molecule has 5 heteroatoms. The number of aryl methyl sites for hydroxylation is 1. The second-order valence-electron chi connectivity index (χ2n) is 5.91. The van der Waals surface area contributed by atoms with Crippen LogP contribution in [-0.4, -0.2) is 46.5 Å². The molecule has 1 fully saturated rings. The maximum Gasteiger partial charge on any atom is 0.0928 e. The maximum absolute atomic E-state index is 5.86. The minimum Gasteiger partial charge on any atom is -0.392 e. The summed E-state index contributed by atoms with van der Waals surface area (Å²) in [6, 6.07) is 4.53. The number of thiocarbonyl (C=S) groups is 1. The topological polar surface area (TPSA) is 32.5 Å². The fraction of sp³-hybridized carbons (Fsp3) is 0.667. The third kappa shape index (κ3) is 3.58. The Labute approximate surface area is 131 Å². The number of rotatable bonds is 5. The van der Waals surface area contributed by atoms with E-state index >= 15 is 0 Å². The lowest BCUT2D eigenvalue weighted by Crippen LogP contribution is -2.58. The minimum absolute atomic E-state index is 0.167. The fourth-order valence-electron chi connectivity index (χ4n) is 2.54. The Morgan fingerprint density at radius 1 is 1.25 bits per heavy atom. The van der Waals surface area contributed by atoms with Gasteiger partial charge in [-0.05, 0) is 32.4 Å². The lowest BCUT2D eigenvalue weighted by Gasteiger charge is -2.43. The van der Waals surface area contributed by atoms with E-state index in [2.05, 4.69) is 42.7 Å². The van der Waals surface area contributed by atoms with Crippen LogP contribution < -0.4 is 5.73 Å². The highest BCUT2D eigenvalue weighted by Gasteiger charge is 2.32. The number of hydrogen-bond donors (Lipinski definition) is 1. The first-order valence-electron chi connectivity index (χ1n) is 7.28. The van der Waals surface area contributed by atoms with Crippen molar-refractivity contribution in [3.05, 3.63) is 21.9 Å².